The van der Waals surface area contributed by atoms with Crippen molar-refractivity contribution in [2.75, 3.05) is 7.11 Å². The zero-order valence-corrected chi connectivity index (χ0v) is 10.7. The van der Waals surface area contributed by atoms with E-state index in [1.165, 1.54) is 31.5 Å². The minimum Gasteiger partial charge on any atom is -0.496 e. The van der Waals surface area contributed by atoms with E-state index in [9.17, 15) is 9.50 Å². The van der Waals surface area contributed by atoms with Gasteiger partial charge in [-0.2, -0.15) is 5.10 Å². The zero-order valence-electron chi connectivity index (χ0n) is 10.7. The van der Waals surface area contributed by atoms with Gasteiger partial charge in [-0.1, -0.05) is 0 Å². The van der Waals surface area contributed by atoms with Gasteiger partial charge in [0.2, 0.25) is 0 Å². The van der Waals surface area contributed by atoms with Gasteiger partial charge >= 0.3 is 0 Å². The highest BCUT2D eigenvalue weighted by atomic mass is 19.1. The number of aliphatic hydroxyl groups excluding tert-OH is 1. The van der Waals surface area contributed by atoms with Crippen LogP contribution in [0.1, 0.15) is 17.2 Å². The fourth-order valence-electron chi connectivity index (χ4n) is 2.15. The highest BCUT2D eigenvalue weighted by Crippen LogP contribution is 2.32. The Hall–Kier alpha value is -2.47. The van der Waals surface area contributed by atoms with Crippen LogP contribution in [-0.2, 0) is 0 Å². The first kappa shape index (κ1) is 12.6. The Morgan fingerprint density at radius 1 is 1.30 bits per heavy atom. The highest BCUT2D eigenvalue weighted by Gasteiger charge is 2.20. The van der Waals surface area contributed by atoms with Crippen LogP contribution < -0.4 is 4.74 Å². The summed E-state index contributed by atoms with van der Waals surface area (Å²) in [4.78, 5) is 4.00. The summed E-state index contributed by atoms with van der Waals surface area (Å²) >= 11 is 0. The van der Waals surface area contributed by atoms with Gasteiger partial charge < -0.3 is 9.84 Å². The van der Waals surface area contributed by atoms with E-state index in [0.29, 0.717) is 22.4 Å². The Balaban J connectivity index is 2.13. The molecule has 20 heavy (non-hydrogen) atoms. The van der Waals surface area contributed by atoms with Gasteiger partial charge in [-0.05, 0) is 18.2 Å². The van der Waals surface area contributed by atoms with Crippen LogP contribution >= 0.6 is 0 Å². The molecule has 1 N–H and O–H groups in total. The summed E-state index contributed by atoms with van der Waals surface area (Å²) in [5.41, 5.74) is 1.56. The van der Waals surface area contributed by atoms with Crippen molar-refractivity contribution in [3.63, 3.8) is 0 Å². The van der Waals surface area contributed by atoms with E-state index < -0.39 is 11.9 Å². The van der Waals surface area contributed by atoms with Crippen molar-refractivity contribution in [3.8, 4) is 5.75 Å². The molecular formula is C14H12FN3O2. The van der Waals surface area contributed by atoms with Crippen LogP contribution in [0.15, 0.2) is 43.0 Å². The second-order valence-electron chi connectivity index (χ2n) is 4.29. The lowest BCUT2D eigenvalue weighted by Gasteiger charge is -2.14. The van der Waals surface area contributed by atoms with E-state index in [-0.39, 0.29) is 0 Å². The van der Waals surface area contributed by atoms with Crippen LogP contribution in [0.3, 0.4) is 0 Å². The Morgan fingerprint density at radius 3 is 2.95 bits per heavy atom. The molecular weight excluding hydrogens is 261 g/mol. The van der Waals surface area contributed by atoms with Crippen molar-refractivity contribution in [2.24, 2.45) is 0 Å². The summed E-state index contributed by atoms with van der Waals surface area (Å²) in [6.07, 6.45) is 5.36. The lowest BCUT2D eigenvalue weighted by molar-refractivity contribution is 0.215. The summed E-state index contributed by atoms with van der Waals surface area (Å²) < 4.78 is 20.2. The topological polar surface area (TPSA) is 59.7 Å². The average Bonchev–Trinajstić information content (AvgIpc) is 2.90. The molecule has 1 aromatic carbocycles. The molecule has 3 aromatic rings. The molecule has 6 heteroatoms. The third-order valence-corrected chi connectivity index (χ3v) is 3.14. The normalized spacial score (nSPS) is 12.6. The molecule has 0 aliphatic rings. The predicted octanol–water partition coefficient (Wildman–Crippen LogP) is 1.96. The first-order valence-electron chi connectivity index (χ1n) is 5.99. The molecule has 0 amide bonds. The second kappa shape index (κ2) is 4.90. The number of halogens is 1. The molecule has 1 atom stereocenters. The summed E-state index contributed by atoms with van der Waals surface area (Å²) in [7, 11) is 1.47. The minimum atomic E-state index is -1.04. The highest BCUT2D eigenvalue weighted by molar-refractivity contribution is 5.56. The van der Waals surface area contributed by atoms with Gasteiger partial charge in [-0.15, -0.1) is 0 Å². The number of rotatable bonds is 3. The number of hydrogen-bond donors (Lipinski definition) is 1. The molecule has 0 aliphatic carbocycles. The fraction of sp³-hybridized carbons (Fsp3) is 0.143. The smallest absolute Gasteiger partial charge is 0.125 e. The summed E-state index contributed by atoms with van der Waals surface area (Å²) in [5.74, 6) is -0.0170. The number of hydrogen-bond acceptors (Lipinski definition) is 4. The first-order valence-corrected chi connectivity index (χ1v) is 5.99. The number of nitrogens with zero attached hydrogens (tertiary/aromatic N) is 3. The van der Waals surface area contributed by atoms with Gasteiger partial charge in [0.25, 0.3) is 0 Å². The maximum atomic E-state index is 13.4. The largest absolute Gasteiger partial charge is 0.496 e. The molecule has 2 aromatic heterocycles. The van der Waals surface area contributed by atoms with Gasteiger partial charge in [-0.3, -0.25) is 4.98 Å². The van der Waals surface area contributed by atoms with Crippen molar-refractivity contribution in [1.82, 2.24) is 14.6 Å². The quantitative estimate of drug-likeness (QED) is 0.792. The molecule has 0 saturated heterocycles. The van der Waals surface area contributed by atoms with Gasteiger partial charge in [0, 0.05) is 23.5 Å². The maximum absolute atomic E-state index is 13.4. The standard InChI is InChI=1S/C14H12FN3O2/c1-20-13-3-2-9(15)6-10(13)14(19)11-7-17-18-5-4-16-8-12(11)18/h2-8,14,19H,1H3. The number of aliphatic hydroxyl groups is 1. The maximum Gasteiger partial charge on any atom is 0.125 e. The Bertz CT molecular complexity index is 757. The van der Waals surface area contributed by atoms with Gasteiger partial charge in [0.15, 0.2) is 0 Å². The van der Waals surface area contributed by atoms with Gasteiger partial charge in [0.05, 0.1) is 25.0 Å². The van der Waals surface area contributed by atoms with Crippen LogP contribution in [0, 0.1) is 5.82 Å². The van der Waals surface area contributed by atoms with Crippen molar-refractivity contribution in [3.05, 3.63) is 59.9 Å². The van der Waals surface area contributed by atoms with Crippen LogP contribution in [-0.4, -0.2) is 26.8 Å². The molecule has 5 nitrogen and oxygen atoms in total. The van der Waals surface area contributed by atoms with E-state index in [1.807, 2.05) is 0 Å². The molecule has 2 heterocycles. The van der Waals surface area contributed by atoms with Crippen LogP contribution in [0.5, 0.6) is 5.75 Å². The van der Waals surface area contributed by atoms with Crippen LogP contribution in [0.2, 0.25) is 0 Å². The SMILES string of the molecule is COc1ccc(F)cc1C(O)c1cnn2ccncc12. The van der Waals surface area contributed by atoms with Crippen LogP contribution in [0.4, 0.5) is 4.39 Å². The van der Waals surface area contributed by atoms with E-state index >= 15 is 0 Å². The van der Waals surface area contributed by atoms with E-state index in [1.54, 1.807) is 23.1 Å². The number of fused-ring (bicyclic) bond motifs is 1. The molecule has 0 fully saturated rings. The number of benzene rings is 1. The van der Waals surface area contributed by atoms with Crippen LogP contribution in [0.25, 0.3) is 5.52 Å². The lowest BCUT2D eigenvalue weighted by atomic mass is 10.0. The van der Waals surface area contributed by atoms with Crippen molar-refractivity contribution in [1.29, 1.82) is 0 Å². The zero-order chi connectivity index (χ0) is 14.1. The van der Waals surface area contributed by atoms with Gasteiger partial charge in [-0.25, -0.2) is 8.91 Å². The van der Waals surface area contributed by atoms with Crippen molar-refractivity contribution >= 4 is 5.52 Å². The molecule has 0 aliphatic heterocycles. The third kappa shape index (κ3) is 2.00. The van der Waals surface area contributed by atoms with Crippen molar-refractivity contribution in [2.45, 2.75) is 6.10 Å². The van der Waals surface area contributed by atoms with E-state index in [2.05, 4.69) is 10.1 Å². The lowest BCUT2D eigenvalue weighted by Crippen LogP contribution is -2.03. The fourth-order valence-corrected chi connectivity index (χ4v) is 2.15. The summed E-state index contributed by atoms with van der Waals surface area (Å²) in [5, 5.41) is 14.6. The minimum absolute atomic E-state index is 0.353. The number of ether oxygens (including phenoxy) is 1. The molecule has 0 radical (unpaired) electrons. The Kier molecular flexibility index (Phi) is 3.08. The molecule has 102 valence electrons. The first-order chi connectivity index (χ1) is 9.70. The molecule has 1 unspecified atom stereocenters. The molecule has 3 rings (SSSR count). The van der Waals surface area contributed by atoms with E-state index in [0.717, 1.165) is 0 Å². The molecule has 0 saturated carbocycles. The Labute approximate surface area is 114 Å². The summed E-state index contributed by atoms with van der Waals surface area (Å²) in [6.45, 7) is 0. The van der Waals surface area contributed by atoms with Crippen molar-refractivity contribution < 1.29 is 14.2 Å². The number of methoxy groups -OCH3 is 1. The average molecular weight is 273 g/mol. The summed E-state index contributed by atoms with van der Waals surface area (Å²) in [6, 6.07) is 4.02. The Morgan fingerprint density at radius 2 is 2.15 bits per heavy atom. The molecule has 0 spiro atoms. The predicted molar refractivity (Wildman–Crippen MR) is 70.0 cm³/mol. The molecule has 0 bridgehead atoms. The number of aromatic nitrogens is 3. The van der Waals surface area contributed by atoms with Gasteiger partial charge in [0.1, 0.15) is 17.7 Å². The monoisotopic (exact) mass is 273 g/mol. The third-order valence-electron chi connectivity index (χ3n) is 3.14. The van der Waals surface area contributed by atoms with E-state index in [4.69, 9.17) is 4.74 Å². The second-order valence-corrected chi connectivity index (χ2v) is 4.29.